The van der Waals surface area contributed by atoms with Gasteiger partial charge in [0.25, 0.3) is 0 Å². The molecule has 0 aliphatic rings. The Balaban J connectivity index is 2.29. The van der Waals surface area contributed by atoms with E-state index in [4.69, 9.17) is 11.6 Å². The van der Waals surface area contributed by atoms with Gasteiger partial charge in [0.15, 0.2) is 0 Å². The van der Waals surface area contributed by atoms with E-state index < -0.39 is 0 Å². The standard InChI is InChI=1S/C13H9ClNSe/c14-13-11-8-4-5-9-12(11)16-15(13)10-6-2-1-3-7-10/h1-9H/q+1. The Bertz CT molecular complexity index is 631. The van der Waals surface area contributed by atoms with Crippen LogP contribution in [0.5, 0.6) is 0 Å². The zero-order valence-electron chi connectivity index (χ0n) is 8.43. The van der Waals surface area contributed by atoms with Gasteiger partial charge in [0.05, 0.1) is 0 Å². The molecule has 0 bridgehead atoms. The fraction of sp³-hybridized carbons (Fsp3) is 0. The van der Waals surface area contributed by atoms with Gasteiger partial charge < -0.3 is 0 Å². The molecule has 0 unspecified atom stereocenters. The molecule has 0 spiro atoms. The van der Waals surface area contributed by atoms with Gasteiger partial charge in [-0.3, -0.25) is 0 Å². The Morgan fingerprint density at radius 1 is 0.875 bits per heavy atom. The van der Waals surface area contributed by atoms with Crippen LogP contribution in [0.3, 0.4) is 0 Å². The molecular weight excluding hydrogens is 285 g/mol. The molecule has 1 heterocycles. The number of fused-ring (bicyclic) bond motifs is 1. The Morgan fingerprint density at radius 2 is 1.56 bits per heavy atom. The van der Waals surface area contributed by atoms with E-state index in [1.165, 1.54) is 15.3 Å². The molecule has 3 aromatic rings. The minimum atomic E-state index is 0.259. The van der Waals surface area contributed by atoms with E-state index in [2.05, 4.69) is 33.9 Å². The van der Waals surface area contributed by atoms with Crippen LogP contribution in [0.15, 0.2) is 54.6 Å². The van der Waals surface area contributed by atoms with Crippen molar-refractivity contribution in [2.75, 3.05) is 0 Å². The van der Waals surface area contributed by atoms with Gasteiger partial charge in [-0.1, -0.05) is 0 Å². The summed E-state index contributed by atoms with van der Waals surface area (Å²) >= 11 is 6.66. The summed E-state index contributed by atoms with van der Waals surface area (Å²) in [6.45, 7) is 0. The zero-order chi connectivity index (χ0) is 11.0. The number of para-hydroxylation sites is 1. The van der Waals surface area contributed by atoms with Gasteiger partial charge in [-0.2, -0.15) is 0 Å². The predicted molar refractivity (Wildman–Crippen MR) is 67.4 cm³/mol. The predicted octanol–water partition coefficient (Wildman–Crippen LogP) is 2.83. The van der Waals surface area contributed by atoms with Crippen molar-refractivity contribution < 1.29 is 3.56 Å². The van der Waals surface area contributed by atoms with Crippen molar-refractivity contribution in [3.63, 3.8) is 0 Å². The molecule has 0 aliphatic carbocycles. The topological polar surface area (TPSA) is 3.88 Å². The maximum atomic E-state index is 6.40. The first-order chi connectivity index (χ1) is 7.86. The molecule has 0 radical (unpaired) electrons. The van der Waals surface area contributed by atoms with Crippen molar-refractivity contribution in [1.29, 1.82) is 0 Å². The van der Waals surface area contributed by atoms with Gasteiger partial charge in [-0.05, 0) is 0 Å². The van der Waals surface area contributed by atoms with E-state index in [1.54, 1.807) is 0 Å². The summed E-state index contributed by atoms with van der Waals surface area (Å²) in [6.07, 6.45) is 0. The van der Waals surface area contributed by atoms with Crippen LogP contribution in [0.25, 0.3) is 15.3 Å². The van der Waals surface area contributed by atoms with Gasteiger partial charge >= 0.3 is 105 Å². The number of hydrogen-bond donors (Lipinski definition) is 0. The second-order valence-electron chi connectivity index (χ2n) is 3.51. The van der Waals surface area contributed by atoms with Crippen LogP contribution in [0.2, 0.25) is 5.15 Å². The Kier molecular flexibility index (Phi) is 2.56. The molecule has 2 aromatic carbocycles. The second-order valence-corrected chi connectivity index (χ2v) is 5.94. The molecule has 0 N–H and O–H groups in total. The van der Waals surface area contributed by atoms with Crippen LogP contribution in [0.4, 0.5) is 0 Å². The normalized spacial score (nSPS) is 10.8. The average molecular weight is 294 g/mol. The molecule has 1 aromatic heterocycles. The van der Waals surface area contributed by atoms with Crippen LogP contribution in [-0.4, -0.2) is 14.7 Å². The molecule has 16 heavy (non-hydrogen) atoms. The quantitative estimate of drug-likeness (QED) is 0.608. The number of nitrogens with zero attached hydrogens (tertiary/aromatic N) is 1. The molecule has 0 saturated carbocycles. The van der Waals surface area contributed by atoms with E-state index in [0.29, 0.717) is 0 Å². The molecular formula is C13H9ClNSe+. The first kappa shape index (κ1) is 10.1. The summed E-state index contributed by atoms with van der Waals surface area (Å²) in [5.41, 5.74) is 1.17. The van der Waals surface area contributed by atoms with Crippen molar-refractivity contribution in [2.24, 2.45) is 0 Å². The number of halogens is 1. The number of hydrogen-bond acceptors (Lipinski definition) is 0. The molecule has 0 amide bonds. The summed E-state index contributed by atoms with van der Waals surface area (Å²) in [5.74, 6) is 0. The van der Waals surface area contributed by atoms with Gasteiger partial charge in [0.1, 0.15) is 0 Å². The third kappa shape index (κ3) is 1.60. The van der Waals surface area contributed by atoms with Gasteiger partial charge in [-0.25, -0.2) is 0 Å². The van der Waals surface area contributed by atoms with E-state index in [-0.39, 0.29) is 14.7 Å². The molecule has 3 heteroatoms. The van der Waals surface area contributed by atoms with E-state index in [1.807, 2.05) is 24.3 Å². The Hall–Kier alpha value is -1.08. The maximum absolute atomic E-state index is 6.40. The first-order valence-electron chi connectivity index (χ1n) is 5.01. The summed E-state index contributed by atoms with van der Waals surface area (Å²) in [4.78, 5) is 0. The molecule has 0 aliphatic heterocycles. The van der Waals surface area contributed by atoms with E-state index in [0.717, 1.165) is 5.15 Å². The van der Waals surface area contributed by atoms with Crippen molar-refractivity contribution in [2.45, 2.75) is 0 Å². The molecule has 3 rings (SSSR count). The minimum absolute atomic E-state index is 0.259. The molecule has 0 fully saturated rings. The number of rotatable bonds is 1. The van der Waals surface area contributed by atoms with Crippen molar-refractivity contribution >= 4 is 36.0 Å². The summed E-state index contributed by atoms with van der Waals surface area (Å²) in [6, 6.07) is 18.6. The van der Waals surface area contributed by atoms with Crippen LogP contribution in [-0.2, 0) is 0 Å². The second kappa shape index (κ2) is 4.06. The molecule has 1 nitrogen and oxygen atoms in total. The number of aromatic nitrogens is 1. The summed E-state index contributed by atoms with van der Waals surface area (Å²) in [7, 11) is 0. The average Bonchev–Trinajstić information content (AvgIpc) is 2.69. The fourth-order valence-corrected chi connectivity index (χ4v) is 4.37. The van der Waals surface area contributed by atoms with Crippen LogP contribution < -0.4 is 3.56 Å². The Labute approximate surface area is 105 Å². The van der Waals surface area contributed by atoms with Gasteiger partial charge in [0, 0.05) is 0 Å². The van der Waals surface area contributed by atoms with E-state index >= 15 is 0 Å². The summed E-state index contributed by atoms with van der Waals surface area (Å²) in [5, 5.41) is 2.02. The fourth-order valence-electron chi connectivity index (χ4n) is 1.69. The zero-order valence-corrected chi connectivity index (χ0v) is 10.9. The van der Waals surface area contributed by atoms with Crippen molar-refractivity contribution in [3.05, 3.63) is 59.8 Å². The van der Waals surface area contributed by atoms with Crippen LogP contribution in [0, 0.1) is 0 Å². The third-order valence-electron chi connectivity index (χ3n) is 2.47. The van der Waals surface area contributed by atoms with Crippen molar-refractivity contribution in [1.82, 2.24) is 0 Å². The Morgan fingerprint density at radius 3 is 2.31 bits per heavy atom. The molecule has 0 saturated heterocycles. The first-order valence-corrected chi connectivity index (χ1v) is 7.01. The third-order valence-corrected chi connectivity index (χ3v) is 5.44. The number of benzene rings is 2. The van der Waals surface area contributed by atoms with Gasteiger partial charge in [0.2, 0.25) is 0 Å². The van der Waals surface area contributed by atoms with E-state index in [9.17, 15) is 0 Å². The SMILES string of the molecule is Clc1c2ccccc2[se][n+]1-c1ccccc1. The van der Waals surface area contributed by atoms with Crippen LogP contribution in [0.1, 0.15) is 0 Å². The molecule has 0 atom stereocenters. The summed E-state index contributed by atoms with van der Waals surface area (Å²) < 4.78 is 3.54. The van der Waals surface area contributed by atoms with Crippen molar-refractivity contribution in [3.8, 4) is 5.69 Å². The van der Waals surface area contributed by atoms with Gasteiger partial charge in [-0.15, -0.1) is 0 Å². The monoisotopic (exact) mass is 294 g/mol. The van der Waals surface area contributed by atoms with Crippen LogP contribution >= 0.6 is 11.6 Å². The molecule has 78 valence electrons.